The summed E-state index contributed by atoms with van der Waals surface area (Å²) in [6.07, 6.45) is 0. The van der Waals surface area contributed by atoms with E-state index in [4.69, 9.17) is 4.74 Å². The molecule has 0 aliphatic carbocycles. The first kappa shape index (κ1) is 11.7. The molecule has 1 heterocycles. The van der Waals surface area contributed by atoms with Crippen molar-refractivity contribution in [2.24, 2.45) is 0 Å². The van der Waals surface area contributed by atoms with Crippen molar-refractivity contribution in [2.75, 3.05) is 40.0 Å². The summed E-state index contributed by atoms with van der Waals surface area (Å²) in [6, 6.07) is 0. The summed E-state index contributed by atoms with van der Waals surface area (Å²) in [5.41, 5.74) is 0. The Balaban J connectivity index is 0.00000121. The lowest BCUT2D eigenvalue weighted by Gasteiger charge is -2.24. The molecule has 0 unspecified atom stereocenters. The van der Waals surface area contributed by atoms with Gasteiger partial charge in [-0.2, -0.15) is 13.5 Å². The van der Waals surface area contributed by atoms with E-state index in [9.17, 15) is 4.79 Å². The SMILES string of the molecule is COC(=O)CN1CCOCC1.S. The lowest BCUT2D eigenvalue weighted by molar-refractivity contribution is -0.142. The second-order valence-electron chi connectivity index (χ2n) is 2.46. The van der Waals surface area contributed by atoms with Crippen LogP contribution < -0.4 is 0 Å². The second-order valence-corrected chi connectivity index (χ2v) is 2.46. The summed E-state index contributed by atoms with van der Waals surface area (Å²) in [4.78, 5) is 12.8. The summed E-state index contributed by atoms with van der Waals surface area (Å²) in [5.74, 6) is -0.174. The van der Waals surface area contributed by atoms with Gasteiger partial charge in [-0.25, -0.2) is 0 Å². The van der Waals surface area contributed by atoms with Crippen LogP contribution in [-0.2, 0) is 14.3 Å². The van der Waals surface area contributed by atoms with Gasteiger partial charge < -0.3 is 9.47 Å². The lowest BCUT2D eigenvalue weighted by atomic mass is 10.4. The maximum absolute atomic E-state index is 10.8. The quantitative estimate of drug-likeness (QED) is 0.560. The fourth-order valence-electron chi connectivity index (χ4n) is 1.01. The molecule has 0 N–H and O–H groups in total. The Morgan fingerprint density at radius 1 is 1.50 bits per heavy atom. The Bertz CT molecular complexity index is 137. The van der Waals surface area contributed by atoms with Crippen molar-refractivity contribution in [1.82, 2.24) is 4.90 Å². The van der Waals surface area contributed by atoms with Crippen LogP contribution in [0.5, 0.6) is 0 Å². The van der Waals surface area contributed by atoms with Crippen LogP contribution in [0.25, 0.3) is 0 Å². The third-order valence-corrected chi connectivity index (χ3v) is 1.68. The first-order valence-corrected chi connectivity index (χ1v) is 3.70. The molecule has 12 heavy (non-hydrogen) atoms. The first-order chi connectivity index (χ1) is 5.33. The van der Waals surface area contributed by atoms with E-state index >= 15 is 0 Å². The van der Waals surface area contributed by atoms with Crippen molar-refractivity contribution in [3.8, 4) is 0 Å². The van der Waals surface area contributed by atoms with Crippen molar-refractivity contribution in [3.63, 3.8) is 0 Å². The molecule has 0 amide bonds. The zero-order valence-electron chi connectivity index (χ0n) is 7.21. The molecular weight excluding hydrogens is 178 g/mol. The van der Waals surface area contributed by atoms with Gasteiger partial charge in [0.05, 0.1) is 26.9 Å². The highest BCUT2D eigenvalue weighted by Crippen LogP contribution is 1.95. The summed E-state index contributed by atoms with van der Waals surface area (Å²) >= 11 is 0. The summed E-state index contributed by atoms with van der Waals surface area (Å²) in [6.45, 7) is 3.48. The predicted molar refractivity (Wildman–Crippen MR) is 49.7 cm³/mol. The maximum Gasteiger partial charge on any atom is 0.319 e. The van der Waals surface area contributed by atoms with Gasteiger partial charge in [0.15, 0.2) is 0 Å². The van der Waals surface area contributed by atoms with E-state index in [0.717, 1.165) is 26.3 Å². The van der Waals surface area contributed by atoms with Crippen LogP contribution in [0.15, 0.2) is 0 Å². The number of methoxy groups -OCH3 is 1. The van der Waals surface area contributed by atoms with E-state index in [1.165, 1.54) is 7.11 Å². The number of carbonyl (C=O) groups excluding carboxylic acids is 1. The highest BCUT2D eigenvalue weighted by atomic mass is 32.1. The molecule has 1 aliphatic heterocycles. The molecular formula is C7H15NO3S. The van der Waals surface area contributed by atoms with Crippen LogP contribution in [0.2, 0.25) is 0 Å². The minimum absolute atomic E-state index is 0. The first-order valence-electron chi connectivity index (χ1n) is 3.70. The molecule has 1 rings (SSSR count). The van der Waals surface area contributed by atoms with Gasteiger partial charge in [0.2, 0.25) is 0 Å². The summed E-state index contributed by atoms with van der Waals surface area (Å²) in [5, 5.41) is 0. The highest BCUT2D eigenvalue weighted by Gasteiger charge is 2.13. The van der Waals surface area contributed by atoms with Crippen molar-refractivity contribution in [2.45, 2.75) is 0 Å². The van der Waals surface area contributed by atoms with Gasteiger partial charge in [-0.3, -0.25) is 9.69 Å². The van der Waals surface area contributed by atoms with Gasteiger partial charge >= 0.3 is 5.97 Å². The Morgan fingerprint density at radius 3 is 2.58 bits per heavy atom. The number of nitrogens with zero attached hydrogens (tertiary/aromatic N) is 1. The number of morpholine rings is 1. The third-order valence-electron chi connectivity index (χ3n) is 1.68. The van der Waals surface area contributed by atoms with Gasteiger partial charge in [-0.05, 0) is 0 Å². The normalized spacial score (nSPS) is 18.1. The topological polar surface area (TPSA) is 38.8 Å². The molecule has 0 saturated carbocycles. The number of ether oxygens (including phenoxy) is 2. The molecule has 1 fully saturated rings. The minimum atomic E-state index is -0.174. The Morgan fingerprint density at radius 2 is 2.08 bits per heavy atom. The molecule has 0 radical (unpaired) electrons. The van der Waals surface area contributed by atoms with E-state index in [0.29, 0.717) is 6.54 Å². The Hall–Kier alpha value is -0.260. The van der Waals surface area contributed by atoms with Crippen molar-refractivity contribution < 1.29 is 14.3 Å². The standard InChI is InChI=1S/C7H13NO3.H2S/c1-10-7(9)6-8-2-4-11-5-3-8;/h2-6H2,1H3;1H2. The van der Waals surface area contributed by atoms with E-state index in [-0.39, 0.29) is 19.5 Å². The largest absolute Gasteiger partial charge is 0.468 e. The average molecular weight is 193 g/mol. The van der Waals surface area contributed by atoms with Crippen LogP contribution in [0.1, 0.15) is 0 Å². The van der Waals surface area contributed by atoms with Crippen molar-refractivity contribution in [3.05, 3.63) is 0 Å². The van der Waals surface area contributed by atoms with Crippen molar-refractivity contribution in [1.29, 1.82) is 0 Å². The van der Waals surface area contributed by atoms with E-state index in [1.54, 1.807) is 0 Å². The van der Waals surface area contributed by atoms with Gasteiger partial charge in [-0.15, -0.1) is 0 Å². The number of hydrogen-bond acceptors (Lipinski definition) is 4. The smallest absolute Gasteiger partial charge is 0.319 e. The van der Waals surface area contributed by atoms with Crippen LogP contribution in [0.4, 0.5) is 0 Å². The summed E-state index contributed by atoms with van der Waals surface area (Å²) in [7, 11) is 1.41. The Kier molecular flexibility index (Phi) is 6.14. The molecule has 0 bridgehead atoms. The molecule has 0 aromatic carbocycles. The second kappa shape index (κ2) is 6.28. The number of carbonyl (C=O) groups is 1. The average Bonchev–Trinajstić information content (AvgIpc) is 2.06. The van der Waals surface area contributed by atoms with Gasteiger partial charge in [0.25, 0.3) is 0 Å². The van der Waals surface area contributed by atoms with Gasteiger partial charge in [-0.1, -0.05) is 0 Å². The molecule has 0 aromatic heterocycles. The zero-order valence-corrected chi connectivity index (χ0v) is 8.21. The summed E-state index contributed by atoms with van der Waals surface area (Å²) < 4.78 is 9.65. The molecule has 4 nitrogen and oxygen atoms in total. The number of rotatable bonds is 2. The zero-order chi connectivity index (χ0) is 8.10. The van der Waals surface area contributed by atoms with E-state index < -0.39 is 0 Å². The predicted octanol–water partition coefficient (Wildman–Crippen LogP) is -0.396. The fourth-order valence-corrected chi connectivity index (χ4v) is 1.01. The molecule has 0 aromatic rings. The van der Waals surface area contributed by atoms with E-state index in [1.807, 2.05) is 4.90 Å². The van der Waals surface area contributed by atoms with Crippen LogP contribution in [0, 0.1) is 0 Å². The molecule has 0 spiro atoms. The number of hydrogen-bond donors (Lipinski definition) is 0. The van der Waals surface area contributed by atoms with Crippen LogP contribution in [0.3, 0.4) is 0 Å². The van der Waals surface area contributed by atoms with Gasteiger partial charge in [0.1, 0.15) is 0 Å². The Labute approximate surface area is 79.3 Å². The molecule has 1 saturated heterocycles. The minimum Gasteiger partial charge on any atom is -0.468 e. The van der Waals surface area contributed by atoms with E-state index in [2.05, 4.69) is 4.74 Å². The lowest BCUT2D eigenvalue weighted by Crippen LogP contribution is -2.39. The number of esters is 1. The monoisotopic (exact) mass is 193 g/mol. The molecule has 72 valence electrons. The fraction of sp³-hybridized carbons (Fsp3) is 0.857. The third kappa shape index (κ3) is 3.94. The van der Waals surface area contributed by atoms with Crippen LogP contribution >= 0.6 is 13.5 Å². The highest BCUT2D eigenvalue weighted by molar-refractivity contribution is 7.59. The van der Waals surface area contributed by atoms with Crippen molar-refractivity contribution >= 4 is 19.5 Å². The molecule has 0 atom stereocenters. The molecule has 5 heteroatoms. The molecule has 1 aliphatic rings. The van der Waals surface area contributed by atoms with Gasteiger partial charge in [0, 0.05) is 13.1 Å². The van der Waals surface area contributed by atoms with Crippen LogP contribution in [-0.4, -0.2) is 50.8 Å². The maximum atomic E-state index is 10.8.